The summed E-state index contributed by atoms with van der Waals surface area (Å²) in [5, 5.41) is 20.0. The third-order valence-electron chi connectivity index (χ3n) is 3.02. The summed E-state index contributed by atoms with van der Waals surface area (Å²) < 4.78 is 1.97. The van der Waals surface area contributed by atoms with Gasteiger partial charge in [-0.15, -0.1) is 10.2 Å². The van der Waals surface area contributed by atoms with E-state index in [-0.39, 0.29) is 11.7 Å². The lowest BCUT2D eigenvalue weighted by molar-refractivity contribution is -0.141. The Labute approximate surface area is 121 Å². The van der Waals surface area contributed by atoms with E-state index >= 15 is 0 Å². The Hall–Kier alpha value is -1.57. The molecule has 1 aromatic heterocycles. The van der Waals surface area contributed by atoms with Crippen molar-refractivity contribution in [3.8, 4) is 0 Å². The molecule has 2 N–H and O–H groups in total. The molecule has 0 saturated heterocycles. The van der Waals surface area contributed by atoms with E-state index < -0.39 is 12.0 Å². The number of nitrogens with zero attached hydrogens (tertiary/aromatic N) is 3. The van der Waals surface area contributed by atoms with Crippen molar-refractivity contribution in [2.75, 3.05) is 5.75 Å². The van der Waals surface area contributed by atoms with E-state index in [1.165, 1.54) is 11.8 Å². The van der Waals surface area contributed by atoms with Crippen LogP contribution in [-0.2, 0) is 9.59 Å². The van der Waals surface area contributed by atoms with Gasteiger partial charge in [-0.05, 0) is 19.3 Å². The largest absolute Gasteiger partial charge is 0.480 e. The lowest BCUT2D eigenvalue weighted by atomic mass is 10.2. The molecule has 0 radical (unpaired) electrons. The molecule has 2 rings (SSSR count). The summed E-state index contributed by atoms with van der Waals surface area (Å²) in [4.78, 5) is 22.7. The third kappa shape index (κ3) is 3.96. The maximum atomic E-state index is 11.8. The van der Waals surface area contributed by atoms with E-state index in [9.17, 15) is 9.59 Å². The molecule has 1 fully saturated rings. The van der Waals surface area contributed by atoms with Crippen molar-refractivity contribution in [2.45, 2.75) is 49.8 Å². The molecule has 1 amide bonds. The van der Waals surface area contributed by atoms with Gasteiger partial charge in [0, 0.05) is 6.04 Å². The maximum Gasteiger partial charge on any atom is 0.326 e. The van der Waals surface area contributed by atoms with E-state index in [1.807, 2.05) is 11.5 Å². The molecule has 1 atom stereocenters. The number of hydrogen-bond acceptors (Lipinski definition) is 5. The molecular formula is C12H18N4O3S. The maximum absolute atomic E-state index is 11.8. The van der Waals surface area contributed by atoms with Gasteiger partial charge in [-0.3, -0.25) is 4.79 Å². The minimum Gasteiger partial charge on any atom is -0.480 e. The average molecular weight is 298 g/mol. The highest BCUT2D eigenvalue weighted by molar-refractivity contribution is 7.99. The van der Waals surface area contributed by atoms with Crippen LogP contribution >= 0.6 is 11.8 Å². The molecule has 110 valence electrons. The minimum atomic E-state index is -0.994. The number of aliphatic carboxylic acids is 1. The van der Waals surface area contributed by atoms with E-state index in [1.54, 1.807) is 6.33 Å². The number of carbonyl (C=O) groups excluding carboxylic acids is 1. The standard InChI is InChI=1S/C12H18N4O3S/c1-2-3-9(11(18)19)14-10(17)6-20-12-15-13-7-16(12)8-4-5-8/h7-9H,2-6H2,1H3,(H,14,17)(H,18,19). The average Bonchev–Trinajstić information content (AvgIpc) is 3.14. The Morgan fingerprint density at radius 2 is 2.35 bits per heavy atom. The van der Waals surface area contributed by atoms with Gasteiger partial charge in [-0.25, -0.2) is 4.79 Å². The lowest BCUT2D eigenvalue weighted by Crippen LogP contribution is -2.41. The second-order valence-electron chi connectivity index (χ2n) is 4.79. The van der Waals surface area contributed by atoms with Crippen molar-refractivity contribution in [3.63, 3.8) is 0 Å². The summed E-state index contributed by atoms with van der Waals surface area (Å²) in [6.07, 6.45) is 5.06. The molecule has 0 aliphatic heterocycles. The minimum absolute atomic E-state index is 0.152. The van der Waals surface area contributed by atoms with Crippen LogP contribution in [0.5, 0.6) is 0 Å². The van der Waals surface area contributed by atoms with E-state index in [2.05, 4.69) is 15.5 Å². The monoisotopic (exact) mass is 298 g/mol. The Bertz CT molecular complexity index is 487. The highest BCUT2D eigenvalue weighted by Crippen LogP contribution is 2.37. The zero-order chi connectivity index (χ0) is 14.5. The van der Waals surface area contributed by atoms with Gasteiger partial charge in [0.25, 0.3) is 0 Å². The van der Waals surface area contributed by atoms with Gasteiger partial charge < -0.3 is 15.0 Å². The zero-order valence-corrected chi connectivity index (χ0v) is 12.1. The fourth-order valence-electron chi connectivity index (χ4n) is 1.85. The van der Waals surface area contributed by atoms with Gasteiger partial charge in [0.1, 0.15) is 12.4 Å². The van der Waals surface area contributed by atoms with Gasteiger partial charge in [0.15, 0.2) is 5.16 Å². The normalized spacial score (nSPS) is 15.8. The number of rotatable bonds is 8. The smallest absolute Gasteiger partial charge is 0.326 e. The summed E-state index contributed by atoms with van der Waals surface area (Å²) in [7, 11) is 0. The molecule has 1 unspecified atom stereocenters. The van der Waals surface area contributed by atoms with E-state index in [0.29, 0.717) is 24.0 Å². The topological polar surface area (TPSA) is 97.1 Å². The number of aromatic nitrogens is 3. The molecule has 20 heavy (non-hydrogen) atoms. The predicted octanol–water partition coefficient (Wildman–Crippen LogP) is 1.07. The zero-order valence-electron chi connectivity index (χ0n) is 11.3. The predicted molar refractivity (Wildman–Crippen MR) is 73.5 cm³/mol. The molecule has 1 saturated carbocycles. The first-order valence-corrected chi connectivity index (χ1v) is 7.64. The third-order valence-corrected chi connectivity index (χ3v) is 3.98. The number of carbonyl (C=O) groups is 2. The fraction of sp³-hybridized carbons (Fsp3) is 0.667. The first kappa shape index (κ1) is 14.8. The van der Waals surface area contributed by atoms with Crippen molar-refractivity contribution in [2.24, 2.45) is 0 Å². The van der Waals surface area contributed by atoms with Crippen LogP contribution in [0.4, 0.5) is 0 Å². The van der Waals surface area contributed by atoms with Gasteiger partial charge in [-0.1, -0.05) is 25.1 Å². The van der Waals surface area contributed by atoms with Crippen molar-refractivity contribution < 1.29 is 14.7 Å². The molecule has 0 bridgehead atoms. The number of nitrogens with one attached hydrogen (secondary N) is 1. The second-order valence-corrected chi connectivity index (χ2v) is 5.73. The van der Waals surface area contributed by atoms with Crippen LogP contribution in [0, 0.1) is 0 Å². The number of carboxylic acid groups (broad SMARTS) is 1. The summed E-state index contributed by atoms with van der Waals surface area (Å²) in [5.41, 5.74) is 0. The second kappa shape index (κ2) is 6.74. The summed E-state index contributed by atoms with van der Waals surface area (Å²) in [6.45, 7) is 1.88. The quantitative estimate of drug-likeness (QED) is 0.697. The summed E-state index contributed by atoms with van der Waals surface area (Å²) in [5.74, 6) is -1.13. The van der Waals surface area contributed by atoms with Gasteiger partial charge >= 0.3 is 5.97 Å². The first-order chi connectivity index (χ1) is 9.61. The van der Waals surface area contributed by atoms with Crippen molar-refractivity contribution in [3.05, 3.63) is 6.33 Å². The fourth-order valence-corrected chi connectivity index (χ4v) is 2.64. The van der Waals surface area contributed by atoms with E-state index in [4.69, 9.17) is 5.11 Å². The SMILES string of the molecule is CCCC(NC(=O)CSc1nncn1C1CC1)C(=O)O. The number of hydrogen-bond donors (Lipinski definition) is 2. The van der Waals surface area contributed by atoms with Crippen LogP contribution in [0.1, 0.15) is 38.6 Å². The van der Waals surface area contributed by atoms with Gasteiger partial charge in [0.2, 0.25) is 5.91 Å². The Morgan fingerprint density at radius 1 is 1.60 bits per heavy atom. The molecule has 8 heteroatoms. The van der Waals surface area contributed by atoms with Crippen molar-refractivity contribution in [1.82, 2.24) is 20.1 Å². The lowest BCUT2D eigenvalue weighted by Gasteiger charge is -2.13. The molecule has 1 heterocycles. The Morgan fingerprint density at radius 3 is 2.95 bits per heavy atom. The van der Waals surface area contributed by atoms with Crippen LogP contribution in [0.15, 0.2) is 11.5 Å². The molecule has 0 aromatic carbocycles. The molecular weight excluding hydrogens is 280 g/mol. The van der Waals surface area contributed by atoms with Crippen molar-refractivity contribution in [1.29, 1.82) is 0 Å². The number of thioether (sulfide) groups is 1. The van der Waals surface area contributed by atoms with Crippen molar-refractivity contribution >= 4 is 23.6 Å². The van der Waals surface area contributed by atoms with E-state index in [0.717, 1.165) is 12.8 Å². The first-order valence-electron chi connectivity index (χ1n) is 6.66. The molecule has 1 aromatic rings. The van der Waals surface area contributed by atoms with Crippen LogP contribution in [-0.4, -0.2) is 43.5 Å². The van der Waals surface area contributed by atoms with Gasteiger partial charge in [0.05, 0.1) is 5.75 Å². The summed E-state index contributed by atoms with van der Waals surface area (Å²) >= 11 is 1.29. The molecule has 1 aliphatic rings. The summed E-state index contributed by atoms with van der Waals surface area (Å²) in [6, 6.07) is -0.350. The van der Waals surface area contributed by atoms with Crippen LogP contribution in [0.2, 0.25) is 0 Å². The van der Waals surface area contributed by atoms with Crippen LogP contribution in [0.3, 0.4) is 0 Å². The highest BCUT2D eigenvalue weighted by Gasteiger charge is 2.26. The molecule has 0 spiro atoms. The van der Waals surface area contributed by atoms with Crippen LogP contribution < -0.4 is 5.32 Å². The number of amides is 1. The van der Waals surface area contributed by atoms with Crippen LogP contribution in [0.25, 0.3) is 0 Å². The van der Waals surface area contributed by atoms with Gasteiger partial charge in [-0.2, -0.15) is 0 Å². The Kier molecular flexibility index (Phi) is 4.99. The molecule has 1 aliphatic carbocycles. The highest BCUT2D eigenvalue weighted by atomic mass is 32.2. The Balaban J connectivity index is 1.82. The molecule has 7 nitrogen and oxygen atoms in total. The number of carboxylic acids is 1.